The van der Waals surface area contributed by atoms with Gasteiger partial charge in [0.25, 0.3) is 0 Å². The first-order valence-corrected chi connectivity index (χ1v) is 13.0. The highest BCUT2D eigenvalue weighted by Gasteiger charge is 2.31. The summed E-state index contributed by atoms with van der Waals surface area (Å²) >= 11 is 0. The summed E-state index contributed by atoms with van der Waals surface area (Å²) in [6, 6.07) is 6.36. The van der Waals surface area contributed by atoms with Crippen LogP contribution in [-0.2, 0) is 4.79 Å². The van der Waals surface area contributed by atoms with E-state index in [2.05, 4.69) is 23.6 Å². The summed E-state index contributed by atoms with van der Waals surface area (Å²) in [5.74, 6) is 2.19. The number of amides is 1. The Kier molecular flexibility index (Phi) is 6.71. The van der Waals surface area contributed by atoms with Crippen LogP contribution in [0, 0.1) is 18.7 Å². The number of fused-ring (bicyclic) bond motifs is 1. The number of rotatable bonds is 6. The van der Waals surface area contributed by atoms with Crippen molar-refractivity contribution >= 4 is 22.8 Å². The number of halogens is 1. The fraction of sp³-hybridized carbons (Fsp3) is 0.556. The molecule has 7 nitrogen and oxygen atoms in total. The summed E-state index contributed by atoms with van der Waals surface area (Å²) in [5, 5.41) is 5.73. The molecule has 0 radical (unpaired) electrons. The van der Waals surface area contributed by atoms with Gasteiger partial charge in [-0.25, -0.2) is 19.0 Å². The lowest BCUT2D eigenvalue weighted by Crippen LogP contribution is -2.41. The van der Waals surface area contributed by atoms with E-state index in [4.69, 9.17) is 15.1 Å². The Labute approximate surface area is 206 Å². The highest BCUT2D eigenvalue weighted by atomic mass is 19.1. The first kappa shape index (κ1) is 23.7. The smallest absolute Gasteiger partial charge is 0.225 e. The van der Waals surface area contributed by atoms with Crippen LogP contribution in [0.15, 0.2) is 24.3 Å². The lowest BCUT2D eigenvalue weighted by atomic mass is 9.84. The number of carbonyl (C=O) groups excluding carboxylic acids is 1. The van der Waals surface area contributed by atoms with Gasteiger partial charge in [-0.2, -0.15) is 5.10 Å². The van der Waals surface area contributed by atoms with Gasteiger partial charge in [-0.05, 0) is 56.9 Å². The van der Waals surface area contributed by atoms with Gasteiger partial charge in [0.05, 0.1) is 16.8 Å². The summed E-state index contributed by atoms with van der Waals surface area (Å²) in [5.41, 5.74) is 2.38. The van der Waals surface area contributed by atoms with Gasteiger partial charge in [0.1, 0.15) is 17.5 Å². The van der Waals surface area contributed by atoms with Crippen LogP contribution in [0.2, 0.25) is 0 Å². The normalized spacial score (nSPS) is 17.9. The SMILES string of the molecule is CCC[C@H](C)c1nc(N2CCCN(C(=O)C3CCC3)CC2)c2c(C)nn(-c3ccc(F)cc3)c2n1. The fourth-order valence-corrected chi connectivity index (χ4v) is 5.21. The molecule has 0 spiro atoms. The van der Waals surface area contributed by atoms with Crippen LogP contribution in [0.4, 0.5) is 10.2 Å². The molecule has 35 heavy (non-hydrogen) atoms. The molecule has 1 saturated carbocycles. The van der Waals surface area contributed by atoms with Crippen LogP contribution >= 0.6 is 0 Å². The molecule has 1 atom stereocenters. The summed E-state index contributed by atoms with van der Waals surface area (Å²) in [7, 11) is 0. The first-order chi connectivity index (χ1) is 17.0. The zero-order valence-electron chi connectivity index (χ0n) is 21.0. The first-order valence-electron chi connectivity index (χ1n) is 13.0. The van der Waals surface area contributed by atoms with Gasteiger partial charge in [-0.3, -0.25) is 4.79 Å². The third-order valence-corrected chi connectivity index (χ3v) is 7.50. The van der Waals surface area contributed by atoms with E-state index in [1.807, 2.05) is 11.6 Å². The van der Waals surface area contributed by atoms with Crippen molar-refractivity contribution in [1.29, 1.82) is 0 Å². The Morgan fingerprint density at radius 1 is 1.09 bits per heavy atom. The standard InChI is InChI=1S/C27H35FN6O/c1-4-7-18(2)24-29-25(32-14-6-15-33(17-16-32)27(35)20-8-5-9-20)23-19(3)31-34(26(23)30-24)22-12-10-21(28)11-13-22/h10-13,18,20H,4-9,14-17H2,1-3H3/t18-/m0/s1. The highest BCUT2D eigenvalue weighted by Crippen LogP contribution is 2.33. The molecule has 2 fully saturated rings. The van der Waals surface area contributed by atoms with Crippen LogP contribution in [0.5, 0.6) is 0 Å². The molecule has 1 saturated heterocycles. The number of hydrogen-bond donors (Lipinski definition) is 0. The lowest BCUT2D eigenvalue weighted by molar-refractivity contribution is -0.137. The number of aromatic nitrogens is 4. The van der Waals surface area contributed by atoms with Gasteiger partial charge in [0.2, 0.25) is 5.91 Å². The van der Waals surface area contributed by atoms with Crippen molar-refractivity contribution in [2.45, 2.75) is 65.2 Å². The lowest BCUT2D eigenvalue weighted by Gasteiger charge is -2.31. The summed E-state index contributed by atoms with van der Waals surface area (Å²) < 4.78 is 15.4. The molecule has 0 N–H and O–H groups in total. The Morgan fingerprint density at radius 2 is 1.86 bits per heavy atom. The maximum Gasteiger partial charge on any atom is 0.225 e. The maximum atomic E-state index is 13.6. The second-order valence-corrected chi connectivity index (χ2v) is 10.1. The number of hydrogen-bond acceptors (Lipinski definition) is 5. The molecule has 1 amide bonds. The Bertz CT molecular complexity index is 1200. The molecule has 1 aromatic carbocycles. The molecule has 0 unspecified atom stereocenters. The molecule has 186 valence electrons. The van der Waals surface area contributed by atoms with Crippen molar-refractivity contribution in [3.8, 4) is 5.69 Å². The molecular weight excluding hydrogens is 443 g/mol. The number of aryl methyl sites for hydroxylation is 1. The van der Waals surface area contributed by atoms with Crippen molar-refractivity contribution in [2.24, 2.45) is 5.92 Å². The number of nitrogens with zero attached hydrogens (tertiary/aromatic N) is 6. The van der Waals surface area contributed by atoms with Gasteiger partial charge in [-0.15, -0.1) is 0 Å². The largest absolute Gasteiger partial charge is 0.354 e. The Hall–Kier alpha value is -3.03. The third-order valence-electron chi connectivity index (χ3n) is 7.50. The fourth-order valence-electron chi connectivity index (χ4n) is 5.21. The predicted octanol–water partition coefficient (Wildman–Crippen LogP) is 5.01. The van der Waals surface area contributed by atoms with Crippen molar-refractivity contribution in [3.63, 3.8) is 0 Å². The summed E-state index contributed by atoms with van der Waals surface area (Å²) in [6.45, 7) is 9.41. The predicted molar refractivity (Wildman–Crippen MR) is 135 cm³/mol. The van der Waals surface area contributed by atoms with E-state index in [9.17, 15) is 9.18 Å². The zero-order valence-corrected chi connectivity index (χ0v) is 21.0. The van der Waals surface area contributed by atoms with Crippen molar-refractivity contribution in [2.75, 3.05) is 31.1 Å². The van der Waals surface area contributed by atoms with Gasteiger partial charge >= 0.3 is 0 Å². The molecule has 0 bridgehead atoms. The molecule has 2 aliphatic rings. The monoisotopic (exact) mass is 478 g/mol. The third kappa shape index (κ3) is 4.62. The molecule has 8 heteroatoms. The maximum absolute atomic E-state index is 13.6. The van der Waals surface area contributed by atoms with E-state index in [1.54, 1.807) is 12.1 Å². The van der Waals surface area contributed by atoms with Crippen LogP contribution in [0.1, 0.15) is 69.8 Å². The molecule has 3 aromatic rings. The second-order valence-electron chi connectivity index (χ2n) is 10.1. The van der Waals surface area contributed by atoms with Gasteiger partial charge in [0.15, 0.2) is 5.65 Å². The minimum Gasteiger partial charge on any atom is -0.354 e. The molecule has 1 aliphatic heterocycles. The van der Waals surface area contributed by atoms with E-state index in [-0.39, 0.29) is 17.7 Å². The minimum atomic E-state index is -0.278. The van der Waals surface area contributed by atoms with E-state index < -0.39 is 0 Å². The van der Waals surface area contributed by atoms with E-state index in [0.717, 1.165) is 85.8 Å². The van der Waals surface area contributed by atoms with Crippen molar-refractivity contribution < 1.29 is 9.18 Å². The average molecular weight is 479 g/mol. The van der Waals surface area contributed by atoms with Crippen LogP contribution in [-0.4, -0.2) is 56.7 Å². The molecule has 1 aliphatic carbocycles. The van der Waals surface area contributed by atoms with E-state index in [0.29, 0.717) is 12.5 Å². The van der Waals surface area contributed by atoms with Crippen LogP contribution in [0.3, 0.4) is 0 Å². The van der Waals surface area contributed by atoms with E-state index >= 15 is 0 Å². The van der Waals surface area contributed by atoms with Gasteiger partial charge in [-0.1, -0.05) is 26.7 Å². The molecule has 2 aromatic heterocycles. The number of carbonyl (C=O) groups is 1. The number of anilines is 1. The minimum absolute atomic E-state index is 0.212. The highest BCUT2D eigenvalue weighted by molar-refractivity contribution is 5.91. The van der Waals surface area contributed by atoms with E-state index in [1.165, 1.54) is 18.6 Å². The Morgan fingerprint density at radius 3 is 2.54 bits per heavy atom. The molecule has 3 heterocycles. The number of benzene rings is 1. The second kappa shape index (κ2) is 9.91. The average Bonchev–Trinajstić information content (AvgIpc) is 2.98. The van der Waals surface area contributed by atoms with Crippen molar-refractivity contribution in [1.82, 2.24) is 24.6 Å². The molecular formula is C27H35FN6O. The topological polar surface area (TPSA) is 67.2 Å². The molecule has 5 rings (SSSR count). The summed E-state index contributed by atoms with van der Waals surface area (Å²) in [4.78, 5) is 27.3. The summed E-state index contributed by atoms with van der Waals surface area (Å²) in [6.07, 6.45) is 6.20. The zero-order chi connectivity index (χ0) is 24.5. The quantitative estimate of drug-likeness (QED) is 0.499. The Balaban J connectivity index is 1.54. The van der Waals surface area contributed by atoms with Crippen LogP contribution < -0.4 is 4.90 Å². The van der Waals surface area contributed by atoms with Gasteiger partial charge in [0, 0.05) is 38.0 Å². The van der Waals surface area contributed by atoms with Crippen LogP contribution in [0.25, 0.3) is 16.7 Å². The van der Waals surface area contributed by atoms with Crippen molar-refractivity contribution in [3.05, 3.63) is 41.6 Å². The van der Waals surface area contributed by atoms with Gasteiger partial charge < -0.3 is 9.80 Å².